The van der Waals surface area contributed by atoms with Gasteiger partial charge in [0.1, 0.15) is 0 Å². The van der Waals surface area contributed by atoms with E-state index < -0.39 is 5.60 Å². The van der Waals surface area contributed by atoms with Crippen LogP contribution < -0.4 is 0 Å². The number of morpholine rings is 1. The molecule has 0 N–H and O–H groups in total. The van der Waals surface area contributed by atoms with Gasteiger partial charge in [0, 0.05) is 63.4 Å². The normalized spacial score (nSPS) is 24.6. The van der Waals surface area contributed by atoms with Crippen LogP contribution in [0.5, 0.6) is 0 Å². The molecule has 0 aromatic carbocycles. The monoisotopic (exact) mass is 420 g/mol. The first-order valence-electron chi connectivity index (χ1n) is 10.2. The lowest BCUT2D eigenvalue weighted by Crippen LogP contribution is -2.59. The van der Waals surface area contributed by atoms with Crippen LogP contribution in [-0.2, 0) is 22.6 Å². The van der Waals surface area contributed by atoms with Crippen molar-refractivity contribution in [3.63, 3.8) is 0 Å². The number of aromatic nitrogens is 2. The van der Waals surface area contributed by atoms with Crippen molar-refractivity contribution in [1.82, 2.24) is 19.8 Å². The predicted octanol–water partition coefficient (Wildman–Crippen LogP) is 2.94. The molecule has 0 saturated carbocycles. The first-order valence-corrected chi connectivity index (χ1v) is 11.1. The molecule has 7 heteroatoms. The summed E-state index contributed by atoms with van der Waals surface area (Å²) in [5.74, 6) is 0.0387. The standard InChI is InChI=1S/C23H24N4O2S/c28-22-23(29-10-9-27(22)14-19-5-11-30-16-19)17-26(13-18-3-7-24-8-4-18)15-21(23)20-2-1-6-25-12-20/h1-8,11-12,16,21H,9-10,13-15,17H2/t21-,23+/m0/s1. The Kier molecular flexibility index (Phi) is 5.33. The van der Waals surface area contributed by atoms with Crippen LogP contribution >= 0.6 is 11.3 Å². The van der Waals surface area contributed by atoms with Crippen LogP contribution in [0.15, 0.2) is 65.9 Å². The molecule has 0 aliphatic carbocycles. The van der Waals surface area contributed by atoms with E-state index in [1.165, 1.54) is 11.1 Å². The third-order valence-electron chi connectivity index (χ3n) is 6.03. The average Bonchev–Trinajstić information content (AvgIpc) is 3.41. The van der Waals surface area contributed by atoms with E-state index in [1.807, 2.05) is 41.7 Å². The Morgan fingerprint density at radius 1 is 1.10 bits per heavy atom. The summed E-state index contributed by atoms with van der Waals surface area (Å²) in [5, 5.41) is 4.17. The molecule has 1 spiro atoms. The van der Waals surface area contributed by atoms with Crippen LogP contribution in [0.3, 0.4) is 0 Å². The Bertz CT molecular complexity index is 983. The third-order valence-corrected chi connectivity index (χ3v) is 6.76. The molecule has 30 heavy (non-hydrogen) atoms. The van der Waals surface area contributed by atoms with E-state index in [0.717, 1.165) is 18.7 Å². The summed E-state index contributed by atoms with van der Waals surface area (Å²) in [6.45, 7) is 3.91. The average molecular weight is 421 g/mol. The molecule has 5 rings (SSSR count). The Balaban J connectivity index is 1.45. The van der Waals surface area contributed by atoms with Crippen molar-refractivity contribution in [2.75, 3.05) is 26.2 Å². The van der Waals surface area contributed by atoms with E-state index in [1.54, 1.807) is 17.5 Å². The Hall–Kier alpha value is -2.61. The predicted molar refractivity (Wildman–Crippen MR) is 115 cm³/mol. The van der Waals surface area contributed by atoms with Crippen molar-refractivity contribution >= 4 is 17.2 Å². The van der Waals surface area contributed by atoms with Gasteiger partial charge in [0.05, 0.1) is 6.61 Å². The number of carbonyl (C=O) groups excluding carboxylic acids is 1. The molecule has 154 valence electrons. The topological polar surface area (TPSA) is 58.6 Å². The summed E-state index contributed by atoms with van der Waals surface area (Å²) in [6.07, 6.45) is 7.26. The van der Waals surface area contributed by atoms with Gasteiger partial charge in [-0.2, -0.15) is 11.3 Å². The van der Waals surface area contributed by atoms with Crippen LogP contribution in [0.4, 0.5) is 0 Å². The number of amides is 1. The number of hydrogen-bond donors (Lipinski definition) is 0. The summed E-state index contributed by atoms with van der Waals surface area (Å²) in [7, 11) is 0. The molecule has 6 nitrogen and oxygen atoms in total. The van der Waals surface area contributed by atoms with Gasteiger partial charge in [0.2, 0.25) is 0 Å². The second-order valence-electron chi connectivity index (χ2n) is 7.96. The molecule has 1 amide bonds. The Morgan fingerprint density at radius 3 is 2.77 bits per heavy atom. The number of pyridine rings is 2. The Labute approximate surface area is 180 Å². The highest BCUT2D eigenvalue weighted by Gasteiger charge is 2.56. The number of rotatable bonds is 5. The van der Waals surface area contributed by atoms with Gasteiger partial charge in [-0.25, -0.2) is 0 Å². The number of likely N-dealkylation sites (tertiary alicyclic amines) is 1. The number of thiophene rings is 1. The SMILES string of the molecule is O=C1N(Cc2ccsc2)CCO[C@@]12CN(Cc1ccncc1)C[C@H]2c1cccnc1. The number of hydrogen-bond acceptors (Lipinski definition) is 6. The second kappa shape index (κ2) is 8.26. The quantitative estimate of drug-likeness (QED) is 0.635. The molecule has 3 aromatic heterocycles. The maximum atomic E-state index is 13.8. The number of nitrogens with zero attached hydrogens (tertiary/aromatic N) is 4. The van der Waals surface area contributed by atoms with E-state index in [4.69, 9.17) is 4.74 Å². The van der Waals surface area contributed by atoms with Crippen molar-refractivity contribution in [1.29, 1.82) is 0 Å². The molecule has 3 aromatic rings. The second-order valence-corrected chi connectivity index (χ2v) is 8.74. The summed E-state index contributed by atoms with van der Waals surface area (Å²) < 4.78 is 6.35. The summed E-state index contributed by atoms with van der Waals surface area (Å²) in [6, 6.07) is 10.1. The first kappa shape index (κ1) is 19.4. The van der Waals surface area contributed by atoms with E-state index >= 15 is 0 Å². The van der Waals surface area contributed by atoms with Crippen LogP contribution in [0, 0.1) is 0 Å². The Morgan fingerprint density at radius 2 is 2.00 bits per heavy atom. The van der Waals surface area contributed by atoms with Gasteiger partial charge in [-0.15, -0.1) is 0 Å². The molecule has 0 radical (unpaired) electrons. The van der Waals surface area contributed by atoms with Gasteiger partial charge >= 0.3 is 0 Å². The van der Waals surface area contributed by atoms with Crippen LogP contribution in [-0.4, -0.2) is 57.5 Å². The number of ether oxygens (including phenoxy) is 1. The summed E-state index contributed by atoms with van der Waals surface area (Å²) in [5.41, 5.74) is 2.55. The van der Waals surface area contributed by atoms with Crippen molar-refractivity contribution < 1.29 is 9.53 Å². The van der Waals surface area contributed by atoms with Gasteiger partial charge in [-0.05, 0) is 51.7 Å². The van der Waals surface area contributed by atoms with Gasteiger partial charge in [0.25, 0.3) is 5.91 Å². The molecule has 2 aliphatic rings. The highest BCUT2D eigenvalue weighted by Crippen LogP contribution is 2.42. The molecule has 2 saturated heterocycles. The van der Waals surface area contributed by atoms with Crippen molar-refractivity contribution in [2.45, 2.75) is 24.6 Å². The zero-order chi connectivity index (χ0) is 20.4. The molecular weight excluding hydrogens is 396 g/mol. The minimum atomic E-state index is -0.871. The maximum absolute atomic E-state index is 13.8. The lowest BCUT2D eigenvalue weighted by molar-refractivity contribution is -0.173. The molecule has 0 bridgehead atoms. The fraction of sp³-hybridized carbons (Fsp3) is 0.348. The fourth-order valence-electron chi connectivity index (χ4n) is 4.62. The zero-order valence-corrected chi connectivity index (χ0v) is 17.5. The molecule has 2 atom stereocenters. The fourth-order valence-corrected chi connectivity index (χ4v) is 5.28. The van der Waals surface area contributed by atoms with Gasteiger partial charge in [-0.1, -0.05) is 6.07 Å². The highest BCUT2D eigenvalue weighted by molar-refractivity contribution is 7.07. The minimum absolute atomic E-state index is 0.0502. The lowest BCUT2D eigenvalue weighted by Gasteiger charge is -2.42. The van der Waals surface area contributed by atoms with Crippen molar-refractivity contribution in [2.24, 2.45) is 0 Å². The largest absolute Gasteiger partial charge is 0.361 e. The van der Waals surface area contributed by atoms with Crippen LogP contribution in [0.1, 0.15) is 22.6 Å². The first-order chi connectivity index (χ1) is 14.7. The smallest absolute Gasteiger partial charge is 0.257 e. The van der Waals surface area contributed by atoms with E-state index in [0.29, 0.717) is 26.2 Å². The summed E-state index contributed by atoms with van der Waals surface area (Å²) >= 11 is 1.66. The molecule has 2 aliphatic heterocycles. The lowest BCUT2D eigenvalue weighted by atomic mass is 9.83. The van der Waals surface area contributed by atoms with Crippen molar-refractivity contribution in [3.05, 3.63) is 82.6 Å². The number of carbonyl (C=O) groups is 1. The molecular formula is C23H24N4O2S. The minimum Gasteiger partial charge on any atom is -0.361 e. The summed E-state index contributed by atoms with van der Waals surface area (Å²) in [4.78, 5) is 26.5. The van der Waals surface area contributed by atoms with Crippen molar-refractivity contribution in [3.8, 4) is 0 Å². The highest BCUT2D eigenvalue weighted by atomic mass is 32.1. The van der Waals surface area contributed by atoms with Crippen LogP contribution in [0.25, 0.3) is 0 Å². The van der Waals surface area contributed by atoms with E-state index in [9.17, 15) is 4.79 Å². The molecule has 2 fully saturated rings. The van der Waals surface area contributed by atoms with Crippen LogP contribution in [0.2, 0.25) is 0 Å². The molecule has 5 heterocycles. The van der Waals surface area contributed by atoms with Gasteiger partial charge < -0.3 is 9.64 Å². The van der Waals surface area contributed by atoms with Gasteiger partial charge in [-0.3, -0.25) is 19.7 Å². The van der Waals surface area contributed by atoms with E-state index in [2.05, 4.69) is 37.8 Å². The molecule has 0 unspecified atom stereocenters. The zero-order valence-electron chi connectivity index (χ0n) is 16.7. The third kappa shape index (κ3) is 3.64. The van der Waals surface area contributed by atoms with E-state index in [-0.39, 0.29) is 11.8 Å². The van der Waals surface area contributed by atoms with Gasteiger partial charge in [0.15, 0.2) is 5.60 Å². The maximum Gasteiger partial charge on any atom is 0.257 e.